The predicted molar refractivity (Wildman–Crippen MR) is 108 cm³/mol. The van der Waals surface area contributed by atoms with Gasteiger partial charge in [0.15, 0.2) is 6.61 Å². The Hall–Kier alpha value is -3.17. The lowest BCUT2D eigenvalue weighted by Crippen LogP contribution is -2.54. The van der Waals surface area contributed by atoms with Gasteiger partial charge in [0.2, 0.25) is 0 Å². The Morgan fingerprint density at radius 3 is 2.52 bits per heavy atom. The first-order valence-electron chi connectivity index (χ1n) is 8.07. The van der Waals surface area contributed by atoms with Gasteiger partial charge in [0.05, 0.1) is 5.69 Å². The van der Waals surface area contributed by atoms with E-state index in [0.717, 1.165) is 4.90 Å². The molecule has 1 saturated heterocycles. The molecule has 0 radical (unpaired) electrons. The minimum atomic E-state index is -1.18. The largest absolute Gasteiger partial charge is 0.481 e. The van der Waals surface area contributed by atoms with Crippen LogP contribution in [0.4, 0.5) is 10.5 Å². The summed E-state index contributed by atoms with van der Waals surface area (Å²) in [6, 6.07) is 9.71. The molecule has 1 fully saturated rings. The summed E-state index contributed by atoms with van der Waals surface area (Å²) in [6.07, 6.45) is 1.23. The molecule has 148 valence electrons. The summed E-state index contributed by atoms with van der Waals surface area (Å²) in [6.45, 7) is -0.604. The van der Waals surface area contributed by atoms with Crippen LogP contribution in [-0.2, 0) is 14.4 Å². The van der Waals surface area contributed by atoms with Crippen LogP contribution in [0.3, 0.4) is 0 Å². The van der Waals surface area contributed by atoms with Crippen LogP contribution in [0.1, 0.15) is 5.56 Å². The number of amides is 4. The van der Waals surface area contributed by atoms with Crippen molar-refractivity contribution in [1.29, 1.82) is 0 Å². The molecule has 0 saturated carbocycles. The molecule has 3 rings (SSSR count). The van der Waals surface area contributed by atoms with Gasteiger partial charge in [-0.3, -0.25) is 14.9 Å². The van der Waals surface area contributed by atoms with E-state index in [1.54, 1.807) is 12.1 Å². The van der Waals surface area contributed by atoms with Gasteiger partial charge in [0.1, 0.15) is 11.3 Å². The number of benzene rings is 2. The molecule has 29 heavy (non-hydrogen) atoms. The first-order valence-corrected chi connectivity index (χ1v) is 9.24. The molecule has 2 aromatic rings. The van der Waals surface area contributed by atoms with Crippen molar-refractivity contribution >= 4 is 63.1 Å². The van der Waals surface area contributed by atoms with Crippen LogP contribution in [0.2, 0.25) is 5.02 Å². The van der Waals surface area contributed by atoms with E-state index in [1.165, 1.54) is 36.4 Å². The molecule has 0 spiro atoms. The first kappa shape index (κ1) is 20.6. The molecule has 2 N–H and O–H groups in total. The van der Waals surface area contributed by atoms with Crippen LogP contribution in [-0.4, -0.2) is 35.5 Å². The maximum atomic E-state index is 12.9. The molecular weight excluding hydrogens is 468 g/mol. The Morgan fingerprint density at radius 1 is 1.17 bits per heavy atom. The molecule has 1 aliphatic heterocycles. The number of halogens is 2. The molecule has 10 heteroatoms. The van der Waals surface area contributed by atoms with Crippen LogP contribution < -0.4 is 15.0 Å². The highest BCUT2D eigenvalue weighted by molar-refractivity contribution is 9.10. The number of ether oxygens (including phenoxy) is 1. The third kappa shape index (κ3) is 4.64. The van der Waals surface area contributed by atoms with Gasteiger partial charge in [-0.1, -0.05) is 27.5 Å². The predicted octanol–water partition coefficient (Wildman–Crippen LogP) is 3.23. The molecule has 0 bridgehead atoms. The van der Waals surface area contributed by atoms with Crippen LogP contribution in [0, 0.1) is 0 Å². The number of nitrogens with one attached hydrogen (secondary N) is 1. The lowest BCUT2D eigenvalue weighted by atomic mass is 10.1. The van der Waals surface area contributed by atoms with Gasteiger partial charge >= 0.3 is 12.0 Å². The topological polar surface area (TPSA) is 113 Å². The fourth-order valence-corrected chi connectivity index (χ4v) is 3.05. The fraction of sp³-hybridized carbons (Fsp3) is 0.0526. The van der Waals surface area contributed by atoms with Gasteiger partial charge in [-0.15, -0.1) is 0 Å². The monoisotopic (exact) mass is 478 g/mol. The van der Waals surface area contributed by atoms with Crippen molar-refractivity contribution in [3.05, 3.63) is 63.1 Å². The zero-order chi connectivity index (χ0) is 21.1. The highest BCUT2D eigenvalue weighted by atomic mass is 79.9. The lowest BCUT2D eigenvalue weighted by molar-refractivity contribution is -0.139. The van der Waals surface area contributed by atoms with Crippen molar-refractivity contribution in [3.8, 4) is 5.75 Å². The SMILES string of the molecule is O=C(O)COc1ccc(Br)cc1/C=C1/C(=O)NC(=O)N(c2ccc(Cl)cc2)C1=O. The number of barbiturate groups is 1. The van der Waals surface area contributed by atoms with E-state index < -0.39 is 30.4 Å². The Kier molecular flexibility index (Phi) is 6.00. The van der Waals surface area contributed by atoms with Crippen molar-refractivity contribution in [3.63, 3.8) is 0 Å². The normalized spacial score (nSPS) is 15.4. The maximum Gasteiger partial charge on any atom is 0.341 e. The number of aliphatic carboxylic acids is 1. The third-order valence-electron chi connectivity index (χ3n) is 3.81. The number of carboxylic acids is 1. The number of carbonyl (C=O) groups is 4. The first-order chi connectivity index (χ1) is 13.8. The molecule has 1 aliphatic rings. The van der Waals surface area contributed by atoms with Crippen LogP contribution in [0.15, 0.2) is 52.5 Å². The van der Waals surface area contributed by atoms with Gasteiger partial charge in [0, 0.05) is 15.1 Å². The zero-order valence-corrected chi connectivity index (χ0v) is 16.9. The summed E-state index contributed by atoms with van der Waals surface area (Å²) in [7, 11) is 0. The minimum Gasteiger partial charge on any atom is -0.481 e. The highest BCUT2D eigenvalue weighted by Crippen LogP contribution is 2.28. The molecule has 0 aliphatic carbocycles. The second-order valence-corrected chi connectivity index (χ2v) is 7.15. The van der Waals surface area contributed by atoms with E-state index in [1.807, 2.05) is 0 Å². The number of carboxylic acid groups (broad SMARTS) is 1. The van der Waals surface area contributed by atoms with Crippen molar-refractivity contribution in [2.45, 2.75) is 0 Å². The Balaban J connectivity index is 2.01. The van der Waals surface area contributed by atoms with Crippen molar-refractivity contribution < 1.29 is 29.0 Å². The molecule has 2 aromatic carbocycles. The molecule has 0 atom stereocenters. The number of urea groups is 1. The number of nitrogens with zero attached hydrogens (tertiary/aromatic N) is 1. The molecule has 8 nitrogen and oxygen atoms in total. The van der Waals surface area contributed by atoms with E-state index >= 15 is 0 Å². The summed E-state index contributed by atoms with van der Waals surface area (Å²) in [4.78, 5) is 49.0. The number of hydrogen-bond donors (Lipinski definition) is 2. The second-order valence-electron chi connectivity index (χ2n) is 5.80. The average Bonchev–Trinajstić information content (AvgIpc) is 2.65. The van der Waals surface area contributed by atoms with Gasteiger partial charge in [0.25, 0.3) is 11.8 Å². The van der Waals surface area contributed by atoms with Crippen LogP contribution in [0.5, 0.6) is 5.75 Å². The van der Waals surface area contributed by atoms with E-state index in [9.17, 15) is 19.2 Å². The summed E-state index contributed by atoms with van der Waals surface area (Å²) in [5.41, 5.74) is 0.189. The van der Waals surface area contributed by atoms with Gasteiger partial charge in [-0.2, -0.15) is 0 Å². The van der Waals surface area contributed by atoms with E-state index in [0.29, 0.717) is 9.50 Å². The molecule has 0 aromatic heterocycles. The third-order valence-corrected chi connectivity index (χ3v) is 4.55. The van der Waals surface area contributed by atoms with Crippen molar-refractivity contribution in [2.75, 3.05) is 11.5 Å². The fourth-order valence-electron chi connectivity index (χ4n) is 2.54. The quantitative estimate of drug-likeness (QED) is 0.503. The lowest BCUT2D eigenvalue weighted by Gasteiger charge is -2.26. The maximum absolute atomic E-state index is 12.9. The van der Waals surface area contributed by atoms with Gasteiger partial charge < -0.3 is 9.84 Å². The molecule has 1 heterocycles. The Labute approximate surface area is 177 Å². The van der Waals surface area contributed by atoms with E-state index in [-0.39, 0.29) is 22.6 Å². The zero-order valence-electron chi connectivity index (χ0n) is 14.5. The van der Waals surface area contributed by atoms with Crippen molar-refractivity contribution in [2.24, 2.45) is 0 Å². The summed E-state index contributed by atoms with van der Waals surface area (Å²) >= 11 is 9.11. The summed E-state index contributed by atoms with van der Waals surface area (Å²) < 4.78 is 5.82. The van der Waals surface area contributed by atoms with Gasteiger partial charge in [-0.05, 0) is 48.5 Å². The smallest absolute Gasteiger partial charge is 0.341 e. The van der Waals surface area contributed by atoms with E-state index in [2.05, 4.69) is 21.2 Å². The number of anilines is 1. The number of imide groups is 2. The number of carbonyl (C=O) groups excluding carboxylic acids is 3. The summed E-state index contributed by atoms with van der Waals surface area (Å²) in [5.74, 6) is -2.75. The van der Waals surface area contributed by atoms with Crippen LogP contribution in [0.25, 0.3) is 6.08 Å². The molecule has 0 unspecified atom stereocenters. The van der Waals surface area contributed by atoms with Crippen LogP contribution >= 0.6 is 27.5 Å². The van der Waals surface area contributed by atoms with Crippen molar-refractivity contribution in [1.82, 2.24) is 5.32 Å². The number of rotatable bonds is 5. The minimum absolute atomic E-state index is 0.152. The Bertz CT molecular complexity index is 1050. The highest BCUT2D eigenvalue weighted by Gasteiger charge is 2.37. The second kappa shape index (κ2) is 8.46. The summed E-state index contributed by atoms with van der Waals surface area (Å²) in [5, 5.41) is 11.3. The standard InChI is InChI=1S/C19H12BrClN2O6/c20-11-1-6-15(29-9-16(24)25)10(7-11)8-14-17(26)22-19(28)23(18(14)27)13-4-2-12(21)3-5-13/h1-8H,9H2,(H,24,25)(H,22,26,28)/b14-8-. The average molecular weight is 480 g/mol. The Morgan fingerprint density at radius 2 is 1.86 bits per heavy atom. The van der Waals surface area contributed by atoms with Gasteiger partial charge in [-0.25, -0.2) is 14.5 Å². The van der Waals surface area contributed by atoms with E-state index in [4.69, 9.17) is 21.4 Å². The number of hydrogen-bond acceptors (Lipinski definition) is 5. The molecule has 4 amide bonds. The molecular formula is C19H12BrClN2O6.